The first-order chi connectivity index (χ1) is 9.13. The highest BCUT2D eigenvalue weighted by Crippen LogP contribution is 2.20. The molecule has 1 amide bonds. The number of pyridine rings is 1. The summed E-state index contributed by atoms with van der Waals surface area (Å²) in [5.74, 6) is -0.185. The standard InChI is InChI=1S/C14H10BrN3O/c1-18(11-5-2-4-10(8-11)9-16)14(19)12-6-3-7-17-13(12)15/h2-8H,1H3. The Kier molecular flexibility index (Phi) is 3.93. The first kappa shape index (κ1) is 13.2. The zero-order valence-corrected chi connectivity index (χ0v) is 11.8. The Labute approximate surface area is 119 Å². The van der Waals surface area contributed by atoms with E-state index in [0.29, 0.717) is 21.4 Å². The van der Waals surface area contributed by atoms with Crippen LogP contribution in [0.4, 0.5) is 5.69 Å². The van der Waals surface area contributed by atoms with Crippen LogP contribution in [0.2, 0.25) is 0 Å². The molecule has 0 aliphatic carbocycles. The van der Waals surface area contributed by atoms with Crippen molar-refractivity contribution in [3.63, 3.8) is 0 Å². The fraction of sp³-hybridized carbons (Fsp3) is 0.0714. The lowest BCUT2D eigenvalue weighted by atomic mass is 10.2. The molecule has 0 bridgehead atoms. The molecule has 0 N–H and O–H groups in total. The molecule has 19 heavy (non-hydrogen) atoms. The van der Waals surface area contributed by atoms with Crippen molar-refractivity contribution in [2.45, 2.75) is 0 Å². The van der Waals surface area contributed by atoms with E-state index in [4.69, 9.17) is 5.26 Å². The predicted octanol–water partition coefficient (Wildman–Crippen LogP) is 2.99. The number of carbonyl (C=O) groups excluding carboxylic acids is 1. The van der Waals surface area contributed by atoms with Gasteiger partial charge in [0.05, 0.1) is 17.2 Å². The van der Waals surface area contributed by atoms with Crippen LogP contribution in [0, 0.1) is 11.3 Å². The van der Waals surface area contributed by atoms with Gasteiger partial charge in [-0.25, -0.2) is 4.98 Å². The molecule has 94 valence electrons. The van der Waals surface area contributed by atoms with Crippen LogP contribution in [0.15, 0.2) is 47.2 Å². The maximum Gasteiger partial charge on any atom is 0.260 e. The highest BCUT2D eigenvalue weighted by Gasteiger charge is 2.16. The van der Waals surface area contributed by atoms with Gasteiger partial charge in [-0.1, -0.05) is 6.07 Å². The molecule has 0 radical (unpaired) electrons. The third-order valence-corrected chi connectivity index (χ3v) is 3.29. The van der Waals surface area contributed by atoms with Gasteiger partial charge < -0.3 is 4.90 Å². The number of hydrogen-bond donors (Lipinski definition) is 0. The fourth-order valence-corrected chi connectivity index (χ4v) is 2.05. The SMILES string of the molecule is CN(C(=O)c1cccnc1Br)c1cccc(C#N)c1. The number of nitriles is 1. The molecule has 5 heteroatoms. The van der Waals surface area contributed by atoms with Gasteiger partial charge in [-0.2, -0.15) is 5.26 Å². The summed E-state index contributed by atoms with van der Waals surface area (Å²) in [6.45, 7) is 0. The summed E-state index contributed by atoms with van der Waals surface area (Å²) >= 11 is 3.25. The van der Waals surface area contributed by atoms with Gasteiger partial charge in [0.25, 0.3) is 5.91 Å². The molecule has 0 spiro atoms. The summed E-state index contributed by atoms with van der Waals surface area (Å²) in [6, 6.07) is 12.3. The maximum atomic E-state index is 12.3. The Bertz CT molecular complexity index is 664. The Morgan fingerprint density at radius 2 is 2.16 bits per heavy atom. The molecule has 0 aliphatic rings. The van der Waals surface area contributed by atoms with Crippen molar-refractivity contribution in [2.24, 2.45) is 0 Å². The summed E-state index contributed by atoms with van der Waals surface area (Å²) in [7, 11) is 1.66. The normalized spacial score (nSPS) is 9.74. The van der Waals surface area contributed by atoms with E-state index < -0.39 is 0 Å². The number of rotatable bonds is 2. The quantitative estimate of drug-likeness (QED) is 0.800. The van der Waals surface area contributed by atoms with E-state index in [1.165, 1.54) is 4.90 Å². The van der Waals surface area contributed by atoms with Gasteiger partial charge in [0.2, 0.25) is 0 Å². The molecule has 0 atom stereocenters. The van der Waals surface area contributed by atoms with Gasteiger partial charge >= 0.3 is 0 Å². The smallest absolute Gasteiger partial charge is 0.260 e. The van der Waals surface area contributed by atoms with E-state index in [0.717, 1.165) is 0 Å². The molecule has 0 aliphatic heterocycles. The van der Waals surface area contributed by atoms with E-state index in [1.54, 1.807) is 49.6 Å². The number of hydrogen-bond acceptors (Lipinski definition) is 3. The first-order valence-electron chi connectivity index (χ1n) is 5.52. The zero-order valence-electron chi connectivity index (χ0n) is 10.2. The van der Waals surface area contributed by atoms with E-state index in [1.807, 2.05) is 0 Å². The third-order valence-electron chi connectivity index (χ3n) is 2.66. The van der Waals surface area contributed by atoms with Crippen LogP contribution in [0.25, 0.3) is 0 Å². The molecule has 0 saturated carbocycles. The minimum absolute atomic E-state index is 0.185. The van der Waals surface area contributed by atoms with Crippen molar-refractivity contribution in [3.8, 4) is 6.07 Å². The predicted molar refractivity (Wildman–Crippen MR) is 75.8 cm³/mol. The van der Waals surface area contributed by atoms with Gasteiger partial charge in [-0.3, -0.25) is 4.79 Å². The minimum atomic E-state index is -0.185. The number of benzene rings is 1. The summed E-state index contributed by atoms with van der Waals surface area (Å²) in [5, 5.41) is 8.87. The number of aromatic nitrogens is 1. The monoisotopic (exact) mass is 315 g/mol. The summed E-state index contributed by atoms with van der Waals surface area (Å²) in [4.78, 5) is 17.9. The van der Waals surface area contributed by atoms with Gasteiger partial charge in [0.15, 0.2) is 0 Å². The Morgan fingerprint density at radius 1 is 1.37 bits per heavy atom. The van der Waals surface area contributed by atoms with Crippen LogP contribution in [0.3, 0.4) is 0 Å². The maximum absolute atomic E-state index is 12.3. The fourth-order valence-electron chi connectivity index (χ4n) is 1.63. The van der Waals surface area contributed by atoms with Gasteiger partial charge in [0, 0.05) is 18.9 Å². The Balaban J connectivity index is 2.34. The summed E-state index contributed by atoms with van der Waals surface area (Å²) in [6.07, 6.45) is 1.61. The zero-order chi connectivity index (χ0) is 13.8. The van der Waals surface area contributed by atoms with Crippen LogP contribution in [-0.2, 0) is 0 Å². The lowest BCUT2D eigenvalue weighted by Crippen LogP contribution is -2.26. The van der Waals surface area contributed by atoms with Crippen molar-refractivity contribution < 1.29 is 4.79 Å². The number of halogens is 1. The molecule has 2 aromatic rings. The summed E-state index contributed by atoms with van der Waals surface area (Å²) in [5.41, 5.74) is 1.66. The van der Waals surface area contributed by atoms with Crippen LogP contribution >= 0.6 is 15.9 Å². The molecule has 0 unspecified atom stereocenters. The third kappa shape index (κ3) is 2.80. The van der Waals surface area contributed by atoms with Crippen LogP contribution in [-0.4, -0.2) is 17.9 Å². The molecule has 1 aromatic heterocycles. The average molecular weight is 316 g/mol. The van der Waals surface area contributed by atoms with Crippen molar-refractivity contribution in [1.29, 1.82) is 5.26 Å². The number of carbonyl (C=O) groups is 1. The highest BCUT2D eigenvalue weighted by atomic mass is 79.9. The van der Waals surface area contributed by atoms with Crippen molar-refractivity contribution in [2.75, 3.05) is 11.9 Å². The highest BCUT2D eigenvalue weighted by molar-refractivity contribution is 9.10. The largest absolute Gasteiger partial charge is 0.311 e. The van der Waals surface area contributed by atoms with Crippen molar-refractivity contribution in [1.82, 2.24) is 4.98 Å². The Hall–Kier alpha value is -2.19. The van der Waals surface area contributed by atoms with Crippen LogP contribution in [0.1, 0.15) is 15.9 Å². The van der Waals surface area contributed by atoms with E-state index in [-0.39, 0.29) is 5.91 Å². The molecule has 4 nitrogen and oxygen atoms in total. The average Bonchev–Trinajstić information content (AvgIpc) is 2.46. The molecule has 1 heterocycles. The molecular weight excluding hydrogens is 306 g/mol. The van der Waals surface area contributed by atoms with E-state index >= 15 is 0 Å². The molecular formula is C14H10BrN3O. The summed E-state index contributed by atoms with van der Waals surface area (Å²) < 4.78 is 0.503. The van der Waals surface area contributed by atoms with Gasteiger partial charge in [-0.05, 0) is 46.3 Å². The molecule has 1 aromatic carbocycles. The molecule has 0 fully saturated rings. The lowest BCUT2D eigenvalue weighted by molar-refractivity contribution is 0.0992. The van der Waals surface area contributed by atoms with Crippen LogP contribution < -0.4 is 4.90 Å². The van der Waals surface area contributed by atoms with E-state index in [2.05, 4.69) is 27.0 Å². The second kappa shape index (κ2) is 5.63. The second-order valence-electron chi connectivity index (χ2n) is 3.87. The number of anilines is 1. The van der Waals surface area contributed by atoms with E-state index in [9.17, 15) is 4.79 Å². The molecule has 2 rings (SSSR count). The van der Waals surface area contributed by atoms with Crippen molar-refractivity contribution >= 4 is 27.5 Å². The Morgan fingerprint density at radius 3 is 2.84 bits per heavy atom. The van der Waals surface area contributed by atoms with Crippen LogP contribution in [0.5, 0.6) is 0 Å². The minimum Gasteiger partial charge on any atom is -0.311 e. The molecule has 0 saturated heterocycles. The topological polar surface area (TPSA) is 57.0 Å². The van der Waals surface area contributed by atoms with Gasteiger partial charge in [0.1, 0.15) is 4.60 Å². The number of nitrogens with zero attached hydrogens (tertiary/aromatic N) is 3. The first-order valence-corrected chi connectivity index (χ1v) is 6.31. The number of amides is 1. The lowest BCUT2D eigenvalue weighted by Gasteiger charge is -2.17. The second-order valence-corrected chi connectivity index (χ2v) is 4.62. The van der Waals surface area contributed by atoms with Gasteiger partial charge in [-0.15, -0.1) is 0 Å². The van der Waals surface area contributed by atoms with Crippen molar-refractivity contribution in [3.05, 3.63) is 58.3 Å².